The van der Waals surface area contributed by atoms with E-state index in [1.54, 1.807) is 0 Å². The molecule has 0 aliphatic carbocycles. The molecule has 0 unspecified atom stereocenters. The summed E-state index contributed by atoms with van der Waals surface area (Å²) in [6, 6.07) is -0.551. The molecule has 0 bridgehead atoms. The molecule has 0 radical (unpaired) electrons. The molecule has 1 saturated heterocycles. The van der Waals surface area contributed by atoms with Gasteiger partial charge in [0.2, 0.25) is 0 Å². The molecule has 1 aliphatic rings. The highest BCUT2D eigenvalue weighted by atomic mass is 79.9. The van der Waals surface area contributed by atoms with Crippen LogP contribution >= 0.6 is 15.9 Å². The maximum Gasteiger partial charge on any atom is 0.333 e. The number of carbonyl (C=O) groups is 3. The summed E-state index contributed by atoms with van der Waals surface area (Å²) in [7, 11) is 1.29. The first-order valence-electron chi connectivity index (χ1n) is 3.29. The van der Waals surface area contributed by atoms with Crippen LogP contribution in [-0.2, 0) is 9.59 Å². The molecule has 5 nitrogen and oxygen atoms in total. The van der Waals surface area contributed by atoms with Crippen LogP contribution in [0, 0.1) is 0 Å². The van der Waals surface area contributed by atoms with Gasteiger partial charge in [-0.1, -0.05) is 15.9 Å². The number of rotatable bonds is 2. The SMILES string of the molecule is CN1C(=O)C(=O)N(CCBr)C1=O. The summed E-state index contributed by atoms with van der Waals surface area (Å²) in [6.07, 6.45) is 0. The summed E-state index contributed by atoms with van der Waals surface area (Å²) in [5.41, 5.74) is 0. The Morgan fingerprint density at radius 1 is 1.25 bits per heavy atom. The predicted molar refractivity (Wildman–Crippen MR) is 43.7 cm³/mol. The Morgan fingerprint density at radius 2 is 1.83 bits per heavy atom. The number of urea groups is 1. The summed E-state index contributed by atoms with van der Waals surface area (Å²) in [5, 5.41) is 0.478. The van der Waals surface area contributed by atoms with Gasteiger partial charge in [-0.3, -0.25) is 19.4 Å². The number of hydrogen-bond donors (Lipinski definition) is 0. The number of hydrogen-bond acceptors (Lipinski definition) is 3. The zero-order chi connectivity index (χ0) is 9.30. The van der Waals surface area contributed by atoms with Crippen molar-refractivity contribution >= 4 is 33.8 Å². The lowest BCUT2D eigenvalue weighted by atomic mass is 10.5. The Kier molecular flexibility index (Phi) is 2.46. The summed E-state index contributed by atoms with van der Waals surface area (Å²) < 4.78 is 0. The van der Waals surface area contributed by atoms with Crippen molar-refractivity contribution in [2.45, 2.75) is 0 Å². The van der Waals surface area contributed by atoms with E-state index in [1.807, 2.05) is 0 Å². The van der Waals surface area contributed by atoms with E-state index in [9.17, 15) is 14.4 Å². The van der Waals surface area contributed by atoms with Gasteiger partial charge in [-0.15, -0.1) is 0 Å². The second kappa shape index (κ2) is 3.22. The molecular weight excluding hydrogens is 228 g/mol. The zero-order valence-corrected chi connectivity index (χ0v) is 8.00. The Labute approximate surface area is 77.4 Å². The van der Waals surface area contributed by atoms with E-state index < -0.39 is 17.8 Å². The van der Waals surface area contributed by atoms with Crippen LogP contribution in [0.3, 0.4) is 0 Å². The average molecular weight is 235 g/mol. The molecule has 0 saturated carbocycles. The van der Waals surface area contributed by atoms with Crippen molar-refractivity contribution in [2.75, 3.05) is 18.9 Å². The van der Waals surface area contributed by atoms with Crippen molar-refractivity contribution in [1.29, 1.82) is 0 Å². The van der Waals surface area contributed by atoms with Crippen LogP contribution in [-0.4, -0.2) is 46.6 Å². The average Bonchev–Trinajstić information content (AvgIpc) is 2.23. The lowest BCUT2D eigenvalue weighted by Crippen LogP contribution is -2.33. The molecule has 66 valence electrons. The van der Waals surface area contributed by atoms with Crippen molar-refractivity contribution in [2.24, 2.45) is 0 Å². The molecule has 1 rings (SSSR count). The lowest BCUT2D eigenvalue weighted by molar-refractivity contribution is -0.142. The Balaban J connectivity index is 2.84. The van der Waals surface area contributed by atoms with Gasteiger partial charge in [0.05, 0.1) is 0 Å². The van der Waals surface area contributed by atoms with E-state index in [4.69, 9.17) is 0 Å². The first-order chi connectivity index (χ1) is 5.59. The molecule has 0 aromatic carbocycles. The molecule has 0 atom stereocenters. The van der Waals surface area contributed by atoms with Gasteiger partial charge in [-0.05, 0) is 0 Å². The number of imide groups is 2. The third-order valence-electron chi connectivity index (χ3n) is 1.56. The number of nitrogens with zero attached hydrogens (tertiary/aromatic N) is 2. The Bertz CT molecular complexity index is 253. The van der Waals surface area contributed by atoms with Gasteiger partial charge in [-0.2, -0.15) is 0 Å². The Morgan fingerprint density at radius 3 is 2.17 bits per heavy atom. The van der Waals surface area contributed by atoms with E-state index in [0.29, 0.717) is 5.33 Å². The van der Waals surface area contributed by atoms with Crippen LogP contribution < -0.4 is 0 Å². The molecule has 0 aromatic heterocycles. The highest BCUT2D eigenvalue weighted by molar-refractivity contribution is 9.09. The van der Waals surface area contributed by atoms with E-state index in [1.165, 1.54) is 7.05 Å². The smallest absolute Gasteiger partial charge is 0.263 e. The maximum absolute atomic E-state index is 11.1. The quantitative estimate of drug-likeness (QED) is 0.378. The second-order valence-corrected chi connectivity index (χ2v) is 3.09. The standard InChI is InChI=1S/C6H7BrN2O3/c1-8-4(10)5(11)9(3-2-7)6(8)12/h2-3H2,1H3. The first-order valence-corrected chi connectivity index (χ1v) is 4.41. The second-order valence-electron chi connectivity index (χ2n) is 2.29. The number of halogens is 1. The topological polar surface area (TPSA) is 57.7 Å². The molecule has 1 fully saturated rings. The van der Waals surface area contributed by atoms with E-state index in [2.05, 4.69) is 15.9 Å². The number of carbonyl (C=O) groups excluding carboxylic acids is 3. The number of amides is 4. The fourth-order valence-electron chi connectivity index (χ4n) is 0.895. The minimum Gasteiger partial charge on any atom is -0.263 e. The third-order valence-corrected chi connectivity index (χ3v) is 1.91. The monoisotopic (exact) mass is 234 g/mol. The van der Waals surface area contributed by atoms with E-state index in [-0.39, 0.29) is 6.54 Å². The van der Waals surface area contributed by atoms with Gasteiger partial charge in [0.1, 0.15) is 0 Å². The normalized spacial score (nSPS) is 18.0. The first kappa shape index (κ1) is 9.18. The number of alkyl halides is 1. The largest absolute Gasteiger partial charge is 0.333 e. The van der Waals surface area contributed by atoms with Crippen LogP contribution in [0.5, 0.6) is 0 Å². The predicted octanol–water partition coefficient (Wildman–Crippen LogP) is -0.198. The van der Waals surface area contributed by atoms with Crippen LogP contribution in [0.25, 0.3) is 0 Å². The van der Waals surface area contributed by atoms with Crippen LogP contribution in [0.2, 0.25) is 0 Å². The van der Waals surface area contributed by atoms with Gasteiger partial charge >= 0.3 is 17.8 Å². The van der Waals surface area contributed by atoms with Crippen molar-refractivity contribution in [3.8, 4) is 0 Å². The van der Waals surface area contributed by atoms with Crippen molar-refractivity contribution < 1.29 is 14.4 Å². The summed E-state index contributed by atoms with van der Waals surface area (Å²) >= 11 is 3.08. The third kappa shape index (κ3) is 1.22. The van der Waals surface area contributed by atoms with Crippen LogP contribution in [0.4, 0.5) is 4.79 Å². The molecule has 0 spiro atoms. The van der Waals surface area contributed by atoms with Gasteiger partial charge in [0.15, 0.2) is 0 Å². The summed E-state index contributed by atoms with van der Waals surface area (Å²) in [4.78, 5) is 34.7. The minimum atomic E-state index is -0.763. The van der Waals surface area contributed by atoms with Crippen molar-refractivity contribution in [3.05, 3.63) is 0 Å². The molecule has 0 N–H and O–H groups in total. The van der Waals surface area contributed by atoms with Gasteiger partial charge in [0, 0.05) is 18.9 Å². The molecule has 1 heterocycles. The van der Waals surface area contributed by atoms with Crippen LogP contribution in [0.15, 0.2) is 0 Å². The molecular formula is C6H7BrN2O3. The fraction of sp³-hybridized carbons (Fsp3) is 0.500. The van der Waals surface area contributed by atoms with E-state index in [0.717, 1.165) is 9.80 Å². The lowest BCUT2D eigenvalue weighted by Gasteiger charge is -2.09. The Hall–Kier alpha value is -0.910. The van der Waals surface area contributed by atoms with Gasteiger partial charge < -0.3 is 0 Å². The molecule has 1 aliphatic heterocycles. The maximum atomic E-state index is 11.1. The molecule has 6 heteroatoms. The van der Waals surface area contributed by atoms with Crippen LogP contribution in [0.1, 0.15) is 0 Å². The van der Waals surface area contributed by atoms with Crippen molar-refractivity contribution in [3.63, 3.8) is 0 Å². The minimum absolute atomic E-state index is 0.230. The van der Waals surface area contributed by atoms with Crippen molar-refractivity contribution in [1.82, 2.24) is 9.80 Å². The molecule has 4 amide bonds. The summed E-state index contributed by atoms with van der Waals surface area (Å²) in [5.74, 6) is -1.51. The highest BCUT2D eigenvalue weighted by Crippen LogP contribution is 2.09. The highest BCUT2D eigenvalue weighted by Gasteiger charge is 2.41. The van der Waals surface area contributed by atoms with Gasteiger partial charge in [0.25, 0.3) is 0 Å². The molecule has 0 aromatic rings. The summed E-state index contributed by atoms with van der Waals surface area (Å²) in [6.45, 7) is 0.230. The molecule has 12 heavy (non-hydrogen) atoms. The van der Waals surface area contributed by atoms with E-state index >= 15 is 0 Å². The zero-order valence-electron chi connectivity index (χ0n) is 6.41. The fourth-order valence-corrected chi connectivity index (χ4v) is 1.25. The van der Waals surface area contributed by atoms with Gasteiger partial charge in [-0.25, -0.2) is 4.79 Å². The number of likely N-dealkylation sites (N-methyl/N-ethyl adjacent to an activating group) is 1.